The van der Waals surface area contributed by atoms with Crippen molar-refractivity contribution in [2.75, 3.05) is 16.6 Å². The Bertz CT molecular complexity index is 746. The molecule has 0 aliphatic carbocycles. The third-order valence-corrected chi connectivity index (χ3v) is 5.59. The maximum Gasteiger partial charge on any atom is 0.264 e. The van der Waals surface area contributed by atoms with E-state index >= 15 is 0 Å². The largest absolute Gasteiger partial charge is 0.399 e. The molecule has 0 fully saturated rings. The Hall–Kier alpha value is -1.43. The SMILES string of the molecule is CCN(c1ccc(N)cc1)S(=O)(=O)c1ccc(Cl)c(Cl)c1. The van der Waals surface area contributed by atoms with Gasteiger partial charge in [0.05, 0.1) is 20.6 Å². The molecule has 0 saturated heterocycles. The number of rotatable bonds is 4. The predicted molar refractivity (Wildman–Crippen MR) is 87.5 cm³/mol. The fraction of sp³-hybridized carbons (Fsp3) is 0.143. The molecule has 0 amide bonds. The number of nitrogen functional groups attached to an aromatic ring is 1. The van der Waals surface area contributed by atoms with Gasteiger partial charge >= 0.3 is 0 Å². The van der Waals surface area contributed by atoms with Gasteiger partial charge in [-0.3, -0.25) is 4.31 Å². The van der Waals surface area contributed by atoms with Crippen molar-refractivity contribution in [2.45, 2.75) is 11.8 Å². The molecule has 0 spiro atoms. The lowest BCUT2D eigenvalue weighted by atomic mass is 10.3. The van der Waals surface area contributed by atoms with E-state index in [0.717, 1.165) is 0 Å². The number of nitrogens with two attached hydrogens (primary N) is 1. The zero-order valence-corrected chi connectivity index (χ0v) is 13.6. The number of sulfonamides is 1. The van der Waals surface area contributed by atoms with Gasteiger partial charge in [-0.15, -0.1) is 0 Å². The van der Waals surface area contributed by atoms with Crippen molar-refractivity contribution in [1.82, 2.24) is 0 Å². The summed E-state index contributed by atoms with van der Waals surface area (Å²) in [7, 11) is -3.71. The van der Waals surface area contributed by atoms with Crippen LogP contribution in [0.15, 0.2) is 47.4 Å². The second kappa shape index (κ2) is 6.13. The van der Waals surface area contributed by atoms with E-state index in [0.29, 0.717) is 16.4 Å². The minimum Gasteiger partial charge on any atom is -0.399 e. The molecule has 0 aromatic heterocycles. The number of halogens is 2. The van der Waals surface area contributed by atoms with Crippen molar-refractivity contribution in [3.63, 3.8) is 0 Å². The first-order chi connectivity index (χ1) is 9.86. The van der Waals surface area contributed by atoms with Gasteiger partial charge in [0.2, 0.25) is 0 Å². The minimum atomic E-state index is -3.71. The Morgan fingerprint density at radius 1 is 1.05 bits per heavy atom. The summed E-state index contributed by atoms with van der Waals surface area (Å²) in [6, 6.07) is 10.9. The first-order valence-corrected chi connectivity index (χ1v) is 8.39. The van der Waals surface area contributed by atoms with E-state index in [9.17, 15) is 8.42 Å². The van der Waals surface area contributed by atoms with E-state index in [1.54, 1.807) is 31.2 Å². The number of nitrogens with zero attached hydrogens (tertiary/aromatic N) is 1. The van der Waals surface area contributed by atoms with Crippen LogP contribution in [0.3, 0.4) is 0 Å². The molecule has 0 bridgehead atoms. The molecule has 0 radical (unpaired) electrons. The third kappa shape index (κ3) is 3.26. The van der Waals surface area contributed by atoms with Crippen molar-refractivity contribution < 1.29 is 8.42 Å². The molecule has 2 N–H and O–H groups in total. The molecule has 0 atom stereocenters. The zero-order chi connectivity index (χ0) is 15.6. The summed E-state index contributed by atoms with van der Waals surface area (Å²) in [6.07, 6.45) is 0. The molecular formula is C14H14Cl2N2O2S. The van der Waals surface area contributed by atoms with Crippen molar-refractivity contribution >= 4 is 44.6 Å². The predicted octanol–water partition coefficient (Wildman–Crippen LogP) is 3.79. The average Bonchev–Trinajstić information content (AvgIpc) is 2.44. The van der Waals surface area contributed by atoms with Crippen LogP contribution in [-0.2, 0) is 10.0 Å². The lowest BCUT2D eigenvalue weighted by molar-refractivity contribution is 0.592. The fourth-order valence-electron chi connectivity index (χ4n) is 1.90. The number of benzene rings is 2. The Kier molecular flexibility index (Phi) is 4.66. The Balaban J connectivity index is 2.49. The third-order valence-electron chi connectivity index (χ3n) is 2.95. The number of hydrogen-bond acceptors (Lipinski definition) is 3. The summed E-state index contributed by atoms with van der Waals surface area (Å²) in [6.45, 7) is 2.04. The van der Waals surface area contributed by atoms with Crippen LogP contribution in [0.4, 0.5) is 11.4 Å². The fourth-order valence-corrected chi connectivity index (χ4v) is 3.76. The van der Waals surface area contributed by atoms with Gasteiger partial charge in [0.25, 0.3) is 10.0 Å². The van der Waals surface area contributed by atoms with E-state index in [-0.39, 0.29) is 16.5 Å². The molecule has 0 saturated carbocycles. The van der Waals surface area contributed by atoms with Crippen LogP contribution in [-0.4, -0.2) is 15.0 Å². The quantitative estimate of drug-likeness (QED) is 0.858. The van der Waals surface area contributed by atoms with E-state index in [1.165, 1.54) is 22.5 Å². The Labute approximate surface area is 134 Å². The highest BCUT2D eigenvalue weighted by Gasteiger charge is 2.24. The van der Waals surface area contributed by atoms with Crippen LogP contribution in [0.5, 0.6) is 0 Å². The molecule has 0 aliphatic heterocycles. The Morgan fingerprint density at radius 2 is 1.67 bits per heavy atom. The summed E-state index contributed by atoms with van der Waals surface area (Å²) in [4.78, 5) is 0.0931. The molecule has 2 aromatic carbocycles. The molecule has 21 heavy (non-hydrogen) atoms. The summed E-state index contributed by atoms with van der Waals surface area (Å²) in [5, 5.41) is 0.511. The van der Waals surface area contributed by atoms with Crippen LogP contribution >= 0.6 is 23.2 Å². The van der Waals surface area contributed by atoms with Crippen molar-refractivity contribution in [1.29, 1.82) is 0 Å². The molecule has 0 aliphatic rings. The van der Waals surface area contributed by atoms with Crippen LogP contribution in [0, 0.1) is 0 Å². The summed E-state index contributed by atoms with van der Waals surface area (Å²) in [5.74, 6) is 0. The zero-order valence-electron chi connectivity index (χ0n) is 11.3. The van der Waals surface area contributed by atoms with Crippen LogP contribution in [0.2, 0.25) is 10.0 Å². The normalized spacial score (nSPS) is 11.4. The van der Waals surface area contributed by atoms with E-state index in [2.05, 4.69) is 0 Å². The molecular weight excluding hydrogens is 331 g/mol. The first kappa shape index (κ1) is 15.9. The Morgan fingerprint density at radius 3 is 2.19 bits per heavy atom. The average molecular weight is 345 g/mol. The van der Waals surface area contributed by atoms with Crippen molar-refractivity contribution in [2.24, 2.45) is 0 Å². The number of anilines is 2. The highest BCUT2D eigenvalue weighted by molar-refractivity contribution is 7.92. The smallest absolute Gasteiger partial charge is 0.264 e. The molecule has 4 nitrogen and oxygen atoms in total. The van der Waals surface area contributed by atoms with Gasteiger partial charge in [-0.05, 0) is 49.4 Å². The van der Waals surface area contributed by atoms with Crippen molar-refractivity contribution in [3.05, 3.63) is 52.5 Å². The highest BCUT2D eigenvalue weighted by atomic mass is 35.5. The van der Waals surface area contributed by atoms with Gasteiger partial charge in [0, 0.05) is 12.2 Å². The monoisotopic (exact) mass is 344 g/mol. The van der Waals surface area contributed by atoms with Gasteiger partial charge < -0.3 is 5.73 Å². The van der Waals surface area contributed by atoms with E-state index in [4.69, 9.17) is 28.9 Å². The number of hydrogen-bond donors (Lipinski definition) is 1. The molecule has 112 valence electrons. The summed E-state index contributed by atoms with van der Waals surface area (Å²) >= 11 is 11.7. The van der Waals surface area contributed by atoms with Gasteiger partial charge in [0.1, 0.15) is 0 Å². The van der Waals surface area contributed by atoms with Crippen LogP contribution < -0.4 is 10.0 Å². The molecule has 2 rings (SSSR count). The standard InChI is InChI=1S/C14H14Cl2N2O2S/c1-2-18(11-5-3-10(17)4-6-11)21(19,20)12-7-8-13(15)14(16)9-12/h3-9H,2,17H2,1H3. The first-order valence-electron chi connectivity index (χ1n) is 6.19. The van der Waals surface area contributed by atoms with Crippen LogP contribution in [0.1, 0.15) is 6.92 Å². The molecule has 0 unspecified atom stereocenters. The topological polar surface area (TPSA) is 63.4 Å². The van der Waals surface area contributed by atoms with Gasteiger partial charge in [-0.1, -0.05) is 23.2 Å². The molecule has 7 heteroatoms. The highest BCUT2D eigenvalue weighted by Crippen LogP contribution is 2.29. The summed E-state index contributed by atoms with van der Waals surface area (Å²) in [5.41, 5.74) is 6.74. The lowest BCUT2D eigenvalue weighted by Crippen LogP contribution is -2.30. The molecule has 2 aromatic rings. The lowest BCUT2D eigenvalue weighted by Gasteiger charge is -2.23. The van der Waals surface area contributed by atoms with Crippen LogP contribution in [0.25, 0.3) is 0 Å². The van der Waals surface area contributed by atoms with Gasteiger partial charge in [-0.25, -0.2) is 8.42 Å². The van der Waals surface area contributed by atoms with E-state index < -0.39 is 10.0 Å². The molecule has 0 heterocycles. The second-order valence-corrected chi connectivity index (χ2v) is 7.01. The second-order valence-electron chi connectivity index (χ2n) is 4.34. The van der Waals surface area contributed by atoms with Gasteiger partial charge in [0.15, 0.2) is 0 Å². The van der Waals surface area contributed by atoms with Gasteiger partial charge in [-0.2, -0.15) is 0 Å². The summed E-state index contributed by atoms with van der Waals surface area (Å²) < 4.78 is 26.7. The van der Waals surface area contributed by atoms with E-state index in [1.807, 2.05) is 0 Å². The van der Waals surface area contributed by atoms with Crippen molar-refractivity contribution in [3.8, 4) is 0 Å². The minimum absolute atomic E-state index is 0.0931. The maximum atomic E-state index is 12.7. The maximum absolute atomic E-state index is 12.7.